The normalized spacial score (nSPS) is 12.5. The lowest BCUT2D eigenvalue weighted by Crippen LogP contribution is -2.48. The molecule has 1 atom stereocenters. The summed E-state index contributed by atoms with van der Waals surface area (Å²) in [5.74, 6) is -1.27. The minimum Gasteiger partial charge on any atom is -0.355 e. The molecule has 2 aromatic carbocycles. The van der Waals surface area contributed by atoms with Gasteiger partial charge in [0.2, 0.25) is 15.9 Å². The number of hydrogen-bond donors (Lipinski definition) is 2. The zero-order valence-corrected chi connectivity index (χ0v) is 16.8. The molecule has 0 aliphatic carbocycles. The Kier molecular flexibility index (Phi) is 8.60. The molecule has 2 rings (SSSR count). The Hall–Kier alpha value is -2.25. The quantitative estimate of drug-likeness (QED) is 0.562. The lowest BCUT2D eigenvalue weighted by atomic mass is 10.1. The molecule has 0 bridgehead atoms. The van der Waals surface area contributed by atoms with Crippen molar-refractivity contribution in [1.29, 1.82) is 0 Å². The Labute approximate surface area is 166 Å². The van der Waals surface area contributed by atoms with E-state index in [2.05, 4.69) is 17.0 Å². The molecule has 2 N–H and O–H groups in total. The molecule has 2 aromatic rings. The predicted molar refractivity (Wildman–Crippen MR) is 108 cm³/mol. The molecule has 0 aliphatic rings. The van der Waals surface area contributed by atoms with E-state index in [0.717, 1.165) is 37.3 Å². The molecule has 0 heterocycles. The fraction of sp³-hybridized carbons (Fsp3) is 0.381. The van der Waals surface area contributed by atoms with Crippen LogP contribution in [-0.2, 0) is 21.2 Å². The van der Waals surface area contributed by atoms with E-state index in [4.69, 9.17) is 0 Å². The fourth-order valence-electron chi connectivity index (χ4n) is 2.84. The van der Waals surface area contributed by atoms with Crippen LogP contribution in [0.5, 0.6) is 0 Å². The second kappa shape index (κ2) is 10.9. The number of benzene rings is 2. The molecule has 0 saturated carbocycles. The highest BCUT2D eigenvalue weighted by Gasteiger charge is 2.27. The van der Waals surface area contributed by atoms with E-state index in [1.807, 2.05) is 30.3 Å². The number of carbonyl (C=O) groups is 1. The predicted octanol–water partition coefficient (Wildman–Crippen LogP) is 3.41. The van der Waals surface area contributed by atoms with Crippen LogP contribution in [0.1, 0.15) is 38.2 Å². The molecule has 0 saturated heterocycles. The number of rotatable bonds is 11. The number of sulfonamides is 1. The Balaban J connectivity index is 2.13. The van der Waals surface area contributed by atoms with Gasteiger partial charge in [-0.25, -0.2) is 12.8 Å². The van der Waals surface area contributed by atoms with Crippen LogP contribution in [-0.4, -0.2) is 26.9 Å². The monoisotopic (exact) mass is 406 g/mol. The first-order valence-electron chi connectivity index (χ1n) is 9.52. The molecular weight excluding hydrogens is 379 g/mol. The lowest BCUT2D eigenvalue weighted by Gasteiger charge is -2.19. The van der Waals surface area contributed by atoms with Crippen LogP contribution in [0.4, 0.5) is 4.39 Å². The van der Waals surface area contributed by atoms with E-state index in [9.17, 15) is 17.6 Å². The van der Waals surface area contributed by atoms with Gasteiger partial charge in [0.1, 0.15) is 16.8 Å². The van der Waals surface area contributed by atoms with Crippen LogP contribution in [0.3, 0.4) is 0 Å². The van der Waals surface area contributed by atoms with Gasteiger partial charge in [-0.1, -0.05) is 68.7 Å². The van der Waals surface area contributed by atoms with Crippen molar-refractivity contribution >= 4 is 15.9 Å². The minimum absolute atomic E-state index is 0.176. The van der Waals surface area contributed by atoms with Crippen LogP contribution in [0.15, 0.2) is 59.5 Å². The summed E-state index contributed by atoms with van der Waals surface area (Å²) in [5, 5.41) is 2.79. The number of amides is 1. The summed E-state index contributed by atoms with van der Waals surface area (Å²) in [6.07, 6.45) is 4.18. The summed E-state index contributed by atoms with van der Waals surface area (Å²) in [6, 6.07) is 13.2. The van der Waals surface area contributed by atoms with Crippen LogP contribution >= 0.6 is 0 Å². The maximum atomic E-state index is 14.0. The summed E-state index contributed by atoms with van der Waals surface area (Å²) < 4.78 is 41.6. The molecule has 152 valence electrons. The molecule has 0 fully saturated rings. The first-order valence-corrected chi connectivity index (χ1v) is 11.0. The van der Waals surface area contributed by atoms with E-state index in [1.54, 1.807) is 0 Å². The highest BCUT2D eigenvalue weighted by Crippen LogP contribution is 2.15. The number of unbranched alkanes of at least 4 members (excludes halogenated alkanes) is 3. The van der Waals surface area contributed by atoms with Crippen molar-refractivity contribution in [3.63, 3.8) is 0 Å². The molecule has 0 radical (unpaired) electrons. The minimum atomic E-state index is -4.18. The third-order valence-corrected chi connectivity index (χ3v) is 5.86. The summed E-state index contributed by atoms with van der Waals surface area (Å²) in [7, 11) is -4.18. The van der Waals surface area contributed by atoms with Gasteiger partial charge in [0.25, 0.3) is 0 Å². The van der Waals surface area contributed by atoms with E-state index >= 15 is 0 Å². The second-order valence-corrected chi connectivity index (χ2v) is 8.33. The molecular formula is C21H27FN2O3S. The number of halogens is 1. The van der Waals surface area contributed by atoms with Crippen LogP contribution in [0.2, 0.25) is 0 Å². The first-order chi connectivity index (χ1) is 13.4. The zero-order chi connectivity index (χ0) is 20.4. The van der Waals surface area contributed by atoms with Crippen molar-refractivity contribution in [2.45, 2.75) is 50.0 Å². The Morgan fingerprint density at radius 3 is 2.36 bits per heavy atom. The number of hydrogen-bond acceptors (Lipinski definition) is 3. The van der Waals surface area contributed by atoms with Crippen molar-refractivity contribution in [3.05, 3.63) is 66.0 Å². The fourth-order valence-corrected chi connectivity index (χ4v) is 4.11. The Morgan fingerprint density at radius 1 is 1.00 bits per heavy atom. The third-order valence-electron chi connectivity index (χ3n) is 4.35. The van der Waals surface area contributed by atoms with Crippen molar-refractivity contribution in [2.24, 2.45) is 0 Å². The van der Waals surface area contributed by atoms with Gasteiger partial charge in [0, 0.05) is 6.54 Å². The molecule has 5 nitrogen and oxygen atoms in total. The maximum absolute atomic E-state index is 14.0. The van der Waals surface area contributed by atoms with E-state index < -0.39 is 32.7 Å². The van der Waals surface area contributed by atoms with Gasteiger partial charge < -0.3 is 5.32 Å². The lowest BCUT2D eigenvalue weighted by molar-refractivity contribution is -0.122. The molecule has 0 unspecified atom stereocenters. The average Bonchev–Trinajstić information content (AvgIpc) is 2.68. The van der Waals surface area contributed by atoms with E-state index in [-0.39, 0.29) is 6.42 Å². The highest BCUT2D eigenvalue weighted by atomic mass is 32.2. The van der Waals surface area contributed by atoms with Crippen LogP contribution < -0.4 is 10.0 Å². The average molecular weight is 407 g/mol. The molecule has 0 aliphatic heterocycles. The number of carbonyl (C=O) groups excluding carboxylic acids is 1. The Bertz CT molecular complexity index is 857. The summed E-state index contributed by atoms with van der Waals surface area (Å²) in [4.78, 5) is 12.2. The largest absolute Gasteiger partial charge is 0.355 e. The first kappa shape index (κ1) is 22.0. The topological polar surface area (TPSA) is 75.3 Å². The standard InChI is InChI=1S/C21H27FN2O3S/c1-2-3-4-10-15-23-21(25)19(16-17-11-6-5-7-12-17)24-28(26,27)20-14-9-8-13-18(20)22/h5-9,11-14,19,24H,2-4,10,15-16H2,1H3,(H,23,25)/t19-/m1/s1. The molecule has 1 amide bonds. The third kappa shape index (κ3) is 6.73. The summed E-state index contributed by atoms with van der Waals surface area (Å²) in [5.41, 5.74) is 0.810. The SMILES string of the molecule is CCCCCCNC(=O)[C@@H](Cc1ccccc1)NS(=O)(=O)c1ccccc1F. The maximum Gasteiger partial charge on any atom is 0.244 e. The van der Waals surface area contributed by atoms with Gasteiger partial charge in [-0.05, 0) is 30.5 Å². The van der Waals surface area contributed by atoms with Gasteiger partial charge in [-0.2, -0.15) is 4.72 Å². The highest BCUT2D eigenvalue weighted by molar-refractivity contribution is 7.89. The van der Waals surface area contributed by atoms with E-state index in [0.29, 0.717) is 6.54 Å². The molecule has 7 heteroatoms. The van der Waals surface area contributed by atoms with Crippen LogP contribution in [0.25, 0.3) is 0 Å². The van der Waals surface area contributed by atoms with Gasteiger partial charge in [0.15, 0.2) is 0 Å². The van der Waals surface area contributed by atoms with Gasteiger partial charge in [0.05, 0.1) is 0 Å². The Morgan fingerprint density at radius 2 is 1.68 bits per heavy atom. The van der Waals surface area contributed by atoms with Crippen molar-refractivity contribution in [2.75, 3.05) is 6.54 Å². The van der Waals surface area contributed by atoms with Crippen LogP contribution in [0, 0.1) is 5.82 Å². The summed E-state index contributed by atoms with van der Waals surface area (Å²) in [6.45, 7) is 2.58. The summed E-state index contributed by atoms with van der Waals surface area (Å²) >= 11 is 0. The molecule has 28 heavy (non-hydrogen) atoms. The van der Waals surface area contributed by atoms with Gasteiger partial charge in [-0.15, -0.1) is 0 Å². The van der Waals surface area contributed by atoms with E-state index in [1.165, 1.54) is 18.2 Å². The smallest absolute Gasteiger partial charge is 0.244 e. The van der Waals surface area contributed by atoms with Crippen molar-refractivity contribution in [3.8, 4) is 0 Å². The number of nitrogens with one attached hydrogen (secondary N) is 2. The van der Waals surface area contributed by atoms with Crippen molar-refractivity contribution in [1.82, 2.24) is 10.0 Å². The van der Waals surface area contributed by atoms with Gasteiger partial charge in [-0.3, -0.25) is 4.79 Å². The van der Waals surface area contributed by atoms with Gasteiger partial charge >= 0.3 is 0 Å². The molecule has 0 spiro atoms. The van der Waals surface area contributed by atoms with Crippen molar-refractivity contribution < 1.29 is 17.6 Å². The zero-order valence-electron chi connectivity index (χ0n) is 16.0. The molecule has 0 aromatic heterocycles. The second-order valence-electron chi connectivity index (χ2n) is 6.65.